The van der Waals surface area contributed by atoms with Crippen molar-refractivity contribution in [3.63, 3.8) is 0 Å². The van der Waals surface area contributed by atoms with E-state index in [0.717, 1.165) is 38.0 Å². The van der Waals surface area contributed by atoms with Gasteiger partial charge in [-0.1, -0.05) is 44.2 Å². The molecule has 2 atom stereocenters. The number of hydrogen-bond donors (Lipinski definition) is 0. The van der Waals surface area contributed by atoms with Gasteiger partial charge >= 0.3 is 6.01 Å². The predicted octanol–water partition coefficient (Wildman–Crippen LogP) is 5.88. The van der Waals surface area contributed by atoms with Crippen LogP contribution in [0.4, 0.5) is 5.69 Å². The van der Waals surface area contributed by atoms with Crippen LogP contribution in [-0.4, -0.2) is 47.7 Å². The van der Waals surface area contributed by atoms with Crippen LogP contribution in [0.25, 0.3) is 10.8 Å². The first-order chi connectivity index (χ1) is 16.5. The van der Waals surface area contributed by atoms with Gasteiger partial charge in [-0.2, -0.15) is 9.97 Å². The molecule has 0 amide bonds. The first-order valence-corrected chi connectivity index (χ1v) is 13.0. The molecule has 5 heteroatoms. The van der Waals surface area contributed by atoms with Gasteiger partial charge in [-0.25, -0.2) is 0 Å². The molecule has 0 N–H and O–H groups in total. The van der Waals surface area contributed by atoms with E-state index in [1.54, 1.807) is 0 Å². The second kappa shape index (κ2) is 9.91. The van der Waals surface area contributed by atoms with Crippen molar-refractivity contribution in [1.82, 2.24) is 14.9 Å². The van der Waals surface area contributed by atoms with Crippen LogP contribution in [0.15, 0.2) is 36.4 Å². The Morgan fingerprint density at radius 3 is 2.71 bits per heavy atom. The van der Waals surface area contributed by atoms with Gasteiger partial charge in [-0.05, 0) is 81.1 Å². The van der Waals surface area contributed by atoms with E-state index in [9.17, 15) is 0 Å². The zero-order valence-corrected chi connectivity index (χ0v) is 21.2. The lowest BCUT2D eigenvalue weighted by atomic mass is 9.93. The molecule has 2 aromatic carbocycles. The van der Waals surface area contributed by atoms with Crippen molar-refractivity contribution in [3.8, 4) is 6.01 Å². The van der Waals surface area contributed by atoms with E-state index in [0.29, 0.717) is 24.6 Å². The van der Waals surface area contributed by atoms with E-state index >= 15 is 0 Å². The summed E-state index contributed by atoms with van der Waals surface area (Å²) in [5.41, 5.74) is 6.29. The maximum atomic E-state index is 6.18. The van der Waals surface area contributed by atoms with Crippen molar-refractivity contribution in [1.29, 1.82) is 0 Å². The summed E-state index contributed by atoms with van der Waals surface area (Å²) in [4.78, 5) is 14.8. The number of fused-ring (bicyclic) bond motifs is 2. The van der Waals surface area contributed by atoms with Gasteiger partial charge in [0.2, 0.25) is 0 Å². The lowest BCUT2D eigenvalue weighted by molar-refractivity contribution is 0.222. The van der Waals surface area contributed by atoms with Crippen LogP contribution < -0.4 is 9.64 Å². The Kier molecular flexibility index (Phi) is 6.73. The highest BCUT2D eigenvalue weighted by Gasteiger charge is 2.26. The Morgan fingerprint density at radius 2 is 1.94 bits per heavy atom. The maximum absolute atomic E-state index is 6.18. The number of ether oxygens (including phenoxy) is 1. The number of hydrogen-bond acceptors (Lipinski definition) is 5. The summed E-state index contributed by atoms with van der Waals surface area (Å²) in [5, 5.41) is 2.65. The third kappa shape index (κ3) is 4.50. The van der Waals surface area contributed by atoms with Crippen LogP contribution >= 0.6 is 0 Å². The largest absolute Gasteiger partial charge is 0.463 e. The standard InChI is InChI=1S/C29H38N4O/c1-5-20(2)28-24-14-17-33(26-13-7-11-22-10-6-9-21(3)27(22)26)19-25(24)30-29(31-28)34-18-15-23-12-8-16-32(23)4/h6-7,9-11,13,20,23H,5,8,12,14-19H2,1-4H3/t20?,23-/m0/s1. The third-order valence-electron chi connectivity index (χ3n) is 7.94. The smallest absolute Gasteiger partial charge is 0.316 e. The van der Waals surface area contributed by atoms with E-state index in [2.05, 4.69) is 74.0 Å². The van der Waals surface area contributed by atoms with E-state index in [4.69, 9.17) is 14.7 Å². The lowest BCUT2D eigenvalue weighted by Crippen LogP contribution is -2.33. The third-order valence-corrected chi connectivity index (χ3v) is 7.94. The minimum absolute atomic E-state index is 0.409. The molecule has 0 saturated carbocycles. The van der Waals surface area contributed by atoms with Crippen LogP contribution in [0.5, 0.6) is 6.01 Å². The van der Waals surface area contributed by atoms with Gasteiger partial charge in [0.05, 0.1) is 24.5 Å². The molecule has 2 aliphatic heterocycles. The monoisotopic (exact) mass is 458 g/mol. The molecule has 0 aliphatic carbocycles. The minimum Gasteiger partial charge on any atom is -0.463 e. The van der Waals surface area contributed by atoms with Gasteiger partial charge in [-0.15, -0.1) is 0 Å². The summed E-state index contributed by atoms with van der Waals surface area (Å²) >= 11 is 0. The molecule has 1 unspecified atom stereocenters. The van der Waals surface area contributed by atoms with Crippen LogP contribution in [0.3, 0.4) is 0 Å². The normalized spacial score (nSPS) is 19.4. The molecule has 0 bridgehead atoms. The van der Waals surface area contributed by atoms with Crippen molar-refractivity contribution in [2.24, 2.45) is 0 Å². The number of nitrogens with zero attached hydrogens (tertiary/aromatic N) is 4. The summed E-state index contributed by atoms with van der Waals surface area (Å²) in [6.45, 7) is 10.4. The number of aromatic nitrogens is 2. The second-order valence-corrected chi connectivity index (χ2v) is 10.2. The first-order valence-electron chi connectivity index (χ1n) is 13.0. The molecule has 1 saturated heterocycles. The number of anilines is 1. The highest BCUT2D eigenvalue weighted by atomic mass is 16.5. The van der Waals surface area contributed by atoms with E-state index in [-0.39, 0.29) is 0 Å². The molecule has 180 valence electrons. The Labute approximate surface area is 204 Å². The van der Waals surface area contributed by atoms with Crippen molar-refractivity contribution < 1.29 is 4.74 Å². The minimum atomic E-state index is 0.409. The average molecular weight is 459 g/mol. The number of rotatable bonds is 7. The number of likely N-dealkylation sites (tertiary alicyclic amines) is 1. The van der Waals surface area contributed by atoms with Gasteiger partial charge in [0.15, 0.2) is 0 Å². The fourth-order valence-electron chi connectivity index (χ4n) is 5.71. The summed E-state index contributed by atoms with van der Waals surface area (Å²) in [6.07, 6.45) is 5.64. The molecule has 1 aromatic heterocycles. The zero-order chi connectivity index (χ0) is 23.7. The average Bonchev–Trinajstić information content (AvgIpc) is 3.27. The van der Waals surface area contributed by atoms with Gasteiger partial charge in [0, 0.05) is 23.7 Å². The van der Waals surface area contributed by atoms with Crippen molar-refractivity contribution >= 4 is 16.5 Å². The molecule has 5 rings (SSSR count). The molecular formula is C29H38N4O. The van der Waals surface area contributed by atoms with Gasteiger partial charge < -0.3 is 14.5 Å². The molecule has 0 radical (unpaired) electrons. The fourth-order valence-corrected chi connectivity index (χ4v) is 5.71. The van der Waals surface area contributed by atoms with Gasteiger partial charge in [0.1, 0.15) is 0 Å². The van der Waals surface area contributed by atoms with E-state index in [1.807, 2.05) is 0 Å². The zero-order valence-electron chi connectivity index (χ0n) is 21.2. The SMILES string of the molecule is CCC(C)c1nc(OCC[C@@H]2CCCN2C)nc2c1CCN(c1cccc3cccc(C)c13)C2. The topological polar surface area (TPSA) is 41.5 Å². The highest BCUT2D eigenvalue weighted by molar-refractivity contribution is 5.96. The van der Waals surface area contributed by atoms with Crippen LogP contribution in [0, 0.1) is 6.92 Å². The molecule has 3 aromatic rings. The van der Waals surface area contributed by atoms with Gasteiger partial charge in [-0.3, -0.25) is 0 Å². The van der Waals surface area contributed by atoms with Crippen LogP contribution in [-0.2, 0) is 13.0 Å². The molecule has 0 spiro atoms. The van der Waals surface area contributed by atoms with Crippen molar-refractivity contribution in [3.05, 3.63) is 58.9 Å². The quantitative estimate of drug-likeness (QED) is 0.442. The van der Waals surface area contributed by atoms with E-state index < -0.39 is 0 Å². The Morgan fingerprint density at radius 1 is 1.12 bits per heavy atom. The highest BCUT2D eigenvalue weighted by Crippen LogP contribution is 2.35. The molecule has 2 aliphatic rings. The number of aryl methyl sites for hydroxylation is 1. The Bertz CT molecular complexity index is 1160. The van der Waals surface area contributed by atoms with Crippen molar-refractivity contribution in [2.75, 3.05) is 31.6 Å². The maximum Gasteiger partial charge on any atom is 0.316 e. The first kappa shape index (κ1) is 23.1. The van der Waals surface area contributed by atoms with Crippen LogP contribution in [0.2, 0.25) is 0 Å². The van der Waals surface area contributed by atoms with Gasteiger partial charge in [0.25, 0.3) is 0 Å². The molecule has 3 heterocycles. The lowest BCUT2D eigenvalue weighted by Gasteiger charge is -2.33. The second-order valence-electron chi connectivity index (χ2n) is 10.2. The molecule has 34 heavy (non-hydrogen) atoms. The molecule has 5 nitrogen and oxygen atoms in total. The Balaban J connectivity index is 1.42. The predicted molar refractivity (Wildman–Crippen MR) is 140 cm³/mol. The van der Waals surface area contributed by atoms with E-state index in [1.165, 1.54) is 52.7 Å². The molecular weight excluding hydrogens is 420 g/mol. The summed E-state index contributed by atoms with van der Waals surface area (Å²) in [7, 11) is 2.22. The fraction of sp³-hybridized carbons (Fsp3) is 0.517. The van der Waals surface area contributed by atoms with Crippen molar-refractivity contribution in [2.45, 2.75) is 71.4 Å². The molecule has 1 fully saturated rings. The summed E-state index contributed by atoms with van der Waals surface area (Å²) < 4.78 is 6.18. The van der Waals surface area contributed by atoms with Crippen LogP contribution in [0.1, 0.15) is 68.0 Å². The number of benzene rings is 2. The Hall–Kier alpha value is -2.66. The summed E-state index contributed by atoms with van der Waals surface area (Å²) in [5.74, 6) is 0.409. The summed E-state index contributed by atoms with van der Waals surface area (Å²) in [6, 6.07) is 14.4.